The van der Waals surface area contributed by atoms with Gasteiger partial charge in [-0.15, -0.1) is 0 Å². The second-order valence-electron chi connectivity index (χ2n) is 8.65. The van der Waals surface area contributed by atoms with Crippen LogP contribution < -0.4 is 0 Å². The highest BCUT2D eigenvalue weighted by Gasteiger charge is 2.15. The molecule has 0 aromatic heterocycles. The van der Waals surface area contributed by atoms with Crippen molar-refractivity contribution in [3.8, 4) is 34.8 Å². The minimum atomic E-state index is 0.997. The predicted molar refractivity (Wildman–Crippen MR) is 152 cm³/mol. The Balaban J connectivity index is 1.67. The molecule has 0 aliphatic rings. The van der Waals surface area contributed by atoms with Crippen LogP contribution in [0.25, 0.3) is 32.7 Å². The fraction of sp³-hybridized carbons (Fsp3) is 0. The average molecular weight is 455 g/mol. The van der Waals surface area contributed by atoms with E-state index < -0.39 is 0 Å². The lowest BCUT2D eigenvalue weighted by atomic mass is 9.87. The van der Waals surface area contributed by atoms with Crippen LogP contribution in [-0.2, 0) is 0 Å². The highest BCUT2D eigenvalue weighted by molar-refractivity contribution is 6.09. The van der Waals surface area contributed by atoms with Gasteiger partial charge in [-0.25, -0.2) is 0 Å². The molecule has 6 aromatic rings. The van der Waals surface area contributed by atoms with Crippen molar-refractivity contribution in [1.29, 1.82) is 0 Å². The Morgan fingerprint density at radius 2 is 0.694 bits per heavy atom. The number of benzene rings is 6. The molecule has 6 rings (SSSR count). The van der Waals surface area contributed by atoms with Gasteiger partial charge in [0.2, 0.25) is 0 Å². The van der Waals surface area contributed by atoms with Crippen LogP contribution in [0.1, 0.15) is 22.3 Å². The molecule has 166 valence electrons. The molecule has 0 heteroatoms. The predicted octanol–water partition coefficient (Wildman–Crippen LogP) is 8.46. The van der Waals surface area contributed by atoms with E-state index in [9.17, 15) is 0 Å². The average Bonchev–Trinajstić information content (AvgIpc) is 2.95. The van der Waals surface area contributed by atoms with E-state index in [0.29, 0.717) is 0 Å². The van der Waals surface area contributed by atoms with Crippen molar-refractivity contribution in [2.75, 3.05) is 0 Å². The van der Waals surface area contributed by atoms with Gasteiger partial charge in [0.15, 0.2) is 0 Å². The maximum Gasteiger partial charge on any atom is 0.0334 e. The first-order chi connectivity index (χ1) is 17.9. The van der Waals surface area contributed by atoms with E-state index in [-0.39, 0.29) is 0 Å². The van der Waals surface area contributed by atoms with Crippen molar-refractivity contribution < 1.29 is 0 Å². The van der Waals surface area contributed by atoms with Crippen LogP contribution in [-0.4, -0.2) is 0 Å². The fourth-order valence-corrected chi connectivity index (χ4v) is 4.61. The van der Waals surface area contributed by atoms with E-state index in [1.807, 2.05) is 60.7 Å². The molecule has 0 saturated heterocycles. The van der Waals surface area contributed by atoms with Crippen molar-refractivity contribution in [1.82, 2.24) is 0 Å². The molecule has 6 aromatic carbocycles. The quantitative estimate of drug-likeness (QED) is 0.219. The summed E-state index contributed by atoms with van der Waals surface area (Å²) < 4.78 is 0. The van der Waals surface area contributed by atoms with Crippen molar-refractivity contribution in [2.45, 2.75) is 0 Å². The number of hydrogen-bond acceptors (Lipinski definition) is 0. The summed E-state index contributed by atoms with van der Waals surface area (Å²) in [6.07, 6.45) is 0. The zero-order valence-electron chi connectivity index (χ0n) is 19.7. The first-order valence-corrected chi connectivity index (χ1v) is 12.0. The highest BCUT2D eigenvalue weighted by atomic mass is 14.2. The van der Waals surface area contributed by atoms with E-state index in [0.717, 1.165) is 33.4 Å². The summed E-state index contributed by atoms with van der Waals surface area (Å²) in [5, 5.41) is 4.73. The Bertz CT molecular complexity index is 1680. The minimum absolute atomic E-state index is 0.997. The molecule has 0 atom stereocenters. The lowest BCUT2D eigenvalue weighted by Crippen LogP contribution is -1.93. The molecule has 0 unspecified atom stereocenters. The Morgan fingerprint density at radius 3 is 1.14 bits per heavy atom. The molecule has 0 aliphatic heterocycles. The molecule has 0 heterocycles. The van der Waals surface area contributed by atoms with Gasteiger partial charge in [0.25, 0.3) is 0 Å². The summed E-state index contributed by atoms with van der Waals surface area (Å²) in [5.41, 5.74) is 6.25. The summed E-state index contributed by atoms with van der Waals surface area (Å²) in [5.74, 6) is 13.7. The SMILES string of the molecule is C(#Cc1ccc2ccccc2c1-c1c(C#Cc2ccccc2)ccc2ccccc12)c1ccccc1. The first kappa shape index (κ1) is 21.5. The van der Waals surface area contributed by atoms with Gasteiger partial charge in [-0.2, -0.15) is 0 Å². The van der Waals surface area contributed by atoms with Crippen LogP contribution >= 0.6 is 0 Å². The summed E-state index contributed by atoms with van der Waals surface area (Å²) in [4.78, 5) is 0. The van der Waals surface area contributed by atoms with E-state index in [1.165, 1.54) is 21.5 Å². The molecule has 0 radical (unpaired) electrons. The van der Waals surface area contributed by atoms with Gasteiger partial charge >= 0.3 is 0 Å². The van der Waals surface area contributed by atoms with Crippen LogP contribution in [0.3, 0.4) is 0 Å². The summed E-state index contributed by atoms with van der Waals surface area (Å²) in [6.45, 7) is 0. The van der Waals surface area contributed by atoms with Crippen LogP contribution in [0, 0.1) is 23.7 Å². The first-order valence-electron chi connectivity index (χ1n) is 12.0. The van der Waals surface area contributed by atoms with Crippen LogP contribution in [0.5, 0.6) is 0 Å². The lowest BCUT2D eigenvalue weighted by molar-refractivity contribution is 1.60. The van der Waals surface area contributed by atoms with E-state index in [4.69, 9.17) is 0 Å². The molecule has 36 heavy (non-hydrogen) atoms. The maximum atomic E-state index is 3.49. The lowest BCUT2D eigenvalue weighted by Gasteiger charge is -2.15. The summed E-state index contributed by atoms with van der Waals surface area (Å²) in [6, 6.07) is 46.0. The second-order valence-corrected chi connectivity index (χ2v) is 8.65. The van der Waals surface area contributed by atoms with Crippen LogP contribution in [0.4, 0.5) is 0 Å². The van der Waals surface area contributed by atoms with Crippen LogP contribution in [0.15, 0.2) is 133 Å². The fourth-order valence-electron chi connectivity index (χ4n) is 4.61. The zero-order chi connectivity index (χ0) is 24.2. The molecular weight excluding hydrogens is 432 g/mol. The van der Waals surface area contributed by atoms with E-state index in [2.05, 4.69) is 96.5 Å². The second kappa shape index (κ2) is 9.68. The third-order valence-electron chi connectivity index (χ3n) is 6.34. The molecule has 0 spiro atoms. The molecule has 0 bridgehead atoms. The Morgan fingerprint density at radius 1 is 0.306 bits per heavy atom. The van der Waals surface area contributed by atoms with Gasteiger partial charge in [0, 0.05) is 33.4 Å². The van der Waals surface area contributed by atoms with Crippen LogP contribution in [0.2, 0.25) is 0 Å². The monoisotopic (exact) mass is 454 g/mol. The Labute approximate surface area is 211 Å². The third-order valence-corrected chi connectivity index (χ3v) is 6.34. The zero-order valence-corrected chi connectivity index (χ0v) is 19.7. The number of rotatable bonds is 1. The van der Waals surface area contributed by atoms with E-state index >= 15 is 0 Å². The van der Waals surface area contributed by atoms with Gasteiger partial charge in [0.05, 0.1) is 0 Å². The summed E-state index contributed by atoms with van der Waals surface area (Å²) >= 11 is 0. The van der Waals surface area contributed by atoms with Gasteiger partial charge < -0.3 is 0 Å². The Kier molecular flexibility index (Phi) is 5.78. The number of fused-ring (bicyclic) bond motifs is 2. The molecule has 0 saturated carbocycles. The van der Waals surface area contributed by atoms with Crippen molar-refractivity contribution in [3.63, 3.8) is 0 Å². The minimum Gasteiger partial charge on any atom is -0.0622 e. The number of hydrogen-bond donors (Lipinski definition) is 0. The van der Waals surface area contributed by atoms with Gasteiger partial charge in [0.1, 0.15) is 0 Å². The van der Waals surface area contributed by atoms with Crippen molar-refractivity contribution >= 4 is 21.5 Å². The third kappa shape index (κ3) is 4.25. The molecule has 0 fully saturated rings. The van der Waals surface area contributed by atoms with Gasteiger partial charge in [-0.1, -0.05) is 121 Å². The highest BCUT2D eigenvalue weighted by Crippen LogP contribution is 2.38. The van der Waals surface area contributed by atoms with E-state index in [1.54, 1.807) is 0 Å². The maximum absolute atomic E-state index is 3.49. The summed E-state index contributed by atoms with van der Waals surface area (Å²) in [7, 11) is 0. The standard InChI is InChI=1S/C36H22/c1-3-11-27(12-4-1)19-21-31-25-23-29-15-7-9-17-33(29)35(31)36-32(22-20-28-13-5-2-6-14-28)26-24-30-16-8-10-18-34(30)36/h1-18,23-26H. The van der Waals surface area contributed by atoms with Gasteiger partial charge in [-0.05, 0) is 57.9 Å². The van der Waals surface area contributed by atoms with Crippen molar-refractivity contribution in [2.24, 2.45) is 0 Å². The molecule has 0 N–H and O–H groups in total. The molecular formula is C36H22. The Hall–Kier alpha value is -5.04. The van der Waals surface area contributed by atoms with Gasteiger partial charge in [-0.3, -0.25) is 0 Å². The molecule has 0 aliphatic carbocycles. The normalized spacial score (nSPS) is 10.3. The smallest absolute Gasteiger partial charge is 0.0334 e. The van der Waals surface area contributed by atoms with Crippen molar-refractivity contribution in [3.05, 3.63) is 156 Å². The molecule has 0 nitrogen and oxygen atoms in total. The topological polar surface area (TPSA) is 0 Å². The molecule has 0 amide bonds. The largest absolute Gasteiger partial charge is 0.0622 e.